The molecule has 0 aliphatic carbocycles. The number of aliphatic hydroxyl groups is 1. The number of benzene rings is 1. The first-order valence-corrected chi connectivity index (χ1v) is 13.9. The number of hydrogen-bond donors (Lipinski definition) is 1. The minimum absolute atomic E-state index is 0.000857. The van der Waals surface area contributed by atoms with E-state index in [1.165, 1.54) is 0 Å². The van der Waals surface area contributed by atoms with Crippen molar-refractivity contribution in [2.75, 3.05) is 6.61 Å². The van der Waals surface area contributed by atoms with Gasteiger partial charge < -0.3 is 28.5 Å². The largest absolute Gasteiger partial charge is 0.406 e. The van der Waals surface area contributed by atoms with Crippen molar-refractivity contribution in [1.82, 2.24) is 0 Å². The molecular formula is C24H38O6Si. The molecule has 6 nitrogen and oxygen atoms in total. The third-order valence-electron chi connectivity index (χ3n) is 6.45. The van der Waals surface area contributed by atoms with Crippen LogP contribution < -0.4 is 0 Å². The first kappa shape index (κ1) is 24.6. The lowest BCUT2D eigenvalue weighted by molar-refractivity contribution is -0.265. The molecule has 0 spiro atoms. The molecular weight excluding hydrogens is 412 g/mol. The van der Waals surface area contributed by atoms with Crippen LogP contribution in [0.3, 0.4) is 0 Å². The summed E-state index contributed by atoms with van der Waals surface area (Å²) in [7, 11) is -2.18. The van der Waals surface area contributed by atoms with E-state index in [0.717, 1.165) is 5.56 Å². The van der Waals surface area contributed by atoms with Crippen LogP contribution in [0.2, 0.25) is 18.1 Å². The Kier molecular flexibility index (Phi) is 7.18. The zero-order valence-corrected chi connectivity index (χ0v) is 20.8. The van der Waals surface area contributed by atoms with Crippen LogP contribution in [0.25, 0.3) is 0 Å². The molecule has 3 rings (SSSR count). The Hall–Kier alpha value is -1.06. The minimum Gasteiger partial charge on any atom is -0.406 e. The standard InChI is InChI=1S/C24H38O6Si/c1-9-17(19(25)16-13-11-10-12-14-16)27-22-21(30-31(7,8)23(2,3)4)20-18(15-26-22)28-24(5,6)29-20/h9-14,17-22,25H,1,15H2,2-8H3/t17-,18+,19+,20+,21-,22-/m0/s1. The SMILES string of the molecule is C=C[C@H](O[C@@H]1OC[C@H]2OC(C)(C)O[C@H]2[C@@H]1O[Si](C)(C)C(C)(C)C)[C@H](O)c1ccccc1. The topological polar surface area (TPSA) is 66.4 Å². The summed E-state index contributed by atoms with van der Waals surface area (Å²) < 4.78 is 31.4. The first-order chi connectivity index (χ1) is 14.3. The molecule has 31 heavy (non-hydrogen) atoms. The van der Waals surface area contributed by atoms with Gasteiger partial charge in [0.1, 0.15) is 30.5 Å². The van der Waals surface area contributed by atoms with Gasteiger partial charge in [0.15, 0.2) is 20.4 Å². The van der Waals surface area contributed by atoms with E-state index in [0.29, 0.717) is 6.61 Å². The van der Waals surface area contributed by atoms with Crippen molar-refractivity contribution in [2.24, 2.45) is 0 Å². The Morgan fingerprint density at radius 1 is 1.19 bits per heavy atom. The molecule has 1 aromatic carbocycles. The summed E-state index contributed by atoms with van der Waals surface area (Å²) in [4.78, 5) is 0. The second kappa shape index (κ2) is 9.06. The van der Waals surface area contributed by atoms with Crippen LogP contribution in [0, 0.1) is 0 Å². The van der Waals surface area contributed by atoms with Crippen LogP contribution in [-0.2, 0) is 23.4 Å². The average molecular weight is 451 g/mol. The highest BCUT2D eigenvalue weighted by atomic mass is 28.4. The molecule has 1 aromatic rings. The number of aliphatic hydroxyl groups excluding tert-OH is 1. The Morgan fingerprint density at radius 3 is 2.42 bits per heavy atom. The molecule has 2 aliphatic heterocycles. The van der Waals surface area contributed by atoms with Crippen LogP contribution in [0.5, 0.6) is 0 Å². The molecule has 7 heteroatoms. The van der Waals surface area contributed by atoms with E-state index in [9.17, 15) is 5.11 Å². The predicted molar refractivity (Wildman–Crippen MR) is 122 cm³/mol. The smallest absolute Gasteiger partial charge is 0.192 e. The van der Waals surface area contributed by atoms with Crippen molar-refractivity contribution in [3.8, 4) is 0 Å². The molecule has 1 N–H and O–H groups in total. The lowest BCUT2D eigenvalue weighted by Crippen LogP contribution is -2.59. The van der Waals surface area contributed by atoms with Crippen LogP contribution in [-0.4, -0.2) is 56.5 Å². The summed E-state index contributed by atoms with van der Waals surface area (Å²) >= 11 is 0. The van der Waals surface area contributed by atoms with Gasteiger partial charge in [-0.15, -0.1) is 6.58 Å². The zero-order chi connectivity index (χ0) is 23.0. The fraction of sp³-hybridized carbons (Fsp3) is 0.667. The number of ether oxygens (including phenoxy) is 4. The van der Waals surface area contributed by atoms with Gasteiger partial charge in [0, 0.05) is 0 Å². The third-order valence-corrected chi connectivity index (χ3v) is 10.9. The summed E-state index contributed by atoms with van der Waals surface area (Å²) in [5, 5.41) is 10.9. The van der Waals surface area contributed by atoms with Gasteiger partial charge in [0.2, 0.25) is 0 Å². The lowest BCUT2D eigenvalue weighted by atomic mass is 10.0. The Bertz CT molecular complexity index is 744. The van der Waals surface area contributed by atoms with Crippen LogP contribution >= 0.6 is 0 Å². The molecule has 0 saturated carbocycles. The fourth-order valence-corrected chi connectivity index (χ4v) is 5.00. The zero-order valence-electron chi connectivity index (χ0n) is 19.8. The van der Waals surface area contributed by atoms with Gasteiger partial charge in [-0.05, 0) is 37.5 Å². The van der Waals surface area contributed by atoms with E-state index in [-0.39, 0.29) is 17.2 Å². The van der Waals surface area contributed by atoms with Crippen molar-refractivity contribution in [3.05, 3.63) is 48.6 Å². The van der Waals surface area contributed by atoms with Crippen LogP contribution in [0.4, 0.5) is 0 Å². The van der Waals surface area contributed by atoms with Gasteiger partial charge in [-0.2, -0.15) is 0 Å². The fourth-order valence-electron chi connectivity index (χ4n) is 3.72. The lowest BCUT2D eigenvalue weighted by Gasteiger charge is -2.45. The Labute approximate surface area is 187 Å². The van der Waals surface area contributed by atoms with Crippen LogP contribution in [0.1, 0.15) is 46.3 Å². The highest BCUT2D eigenvalue weighted by Gasteiger charge is 2.55. The van der Waals surface area contributed by atoms with Gasteiger partial charge in [0.25, 0.3) is 0 Å². The van der Waals surface area contributed by atoms with Crippen molar-refractivity contribution >= 4 is 8.32 Å². The maximum atomic E-state index is 10.9. The van der Waals surface area contributed by atoms with Gasteiger partial charge in [-0.1, -0.05) is 57.2 Å². The molecule has 0 aromatic heterocycles. The molecule has 174 valence electrons. The van der Waals surface area contributed by atoms with Gasteiger partial charge in [-0.3, -0.25) is 0 Å². The Balaban J connectivity index is 1.85. The molecule has 2 saturated heterocycles. The molecule has 2 heterocycles. The average Bonchev–Trinajstić information content (AvgIpc) is 3.01. The summed E-state index contributed by atoms with van der Waals surface area (Å²) in [5.41, 5.74) is 0.754. The van der Waals surface area contributed by atoms with Crippen molar-refractivity contribution in [1.29, 1.82) is 0 Å². The highest BCUT2D eigenvalue weighted by Crippen LogP contribution is 2.42. The maximum Gasteiger partial charge on any atom is 0.192 e. The van der Waals surface area contributed by atoms with E-state index in [2.05, 4.69) is 40.4 Å². The molecule has 0 unspecified atom stereocenters. The number of fused-ring (bicyclic) bond motifs is 1. The van der Waals surface area contributed by atoms with Crippen LogP contribution in [0.15, 0.2) is 43.0 Å². The second-order valence-corrected chi connectivity index (χ2v) is 15.1. The summed E-state index contributed by atoms with van der Waals surface area (Å²) in [5.74, 6) is -0.718. The van der Waals surface area contributed by atoms with E-state index < -0.39 is 38.7 Å². The monoisotopic (exact) mass is 450 g/mol. The van der Waals surface area contributed by atoms with Crippen molar-refractivity contribution in [2.45, 2.75) is 95.3 Å². The Morgan fingerprint density at radius 2 is 1.84 bits per heavy atom. The van der Waals surface area contributed by atoms with Gasteiger partial charge in [0.05, 0.1) is 6.61 Å². The summed E-state index contributed by atoms with van der Waals surface area (Å²) in [6.45, 7) is 19.0. The predicted octanol–water partition coefficient (Wildman–Crippen LogP) is 4.56. The number of hydrogen-bond acceptors (Lipinski definition) is 6. The molecule has 0 radical (unpaired) electrons. The highest BCUT2D eigenvalue weighted by molar-refractivity contribution is 6.74. The van der Waals surface area contributed by atoms with Gasteiger partial charge in [-0.25, -0.2) is 0 Å². The second-order valence-electron chi connectivity index (χ2n) is 10.4. The first-order valence-electron chi connectivity index (χ1n) is 11.0. The molecule has 2 fully saturated rings. The third kappa shape index (κ3) is 5.47. The molecule has 0 bridgehead atoms. The van der Waals surface area contributed by atoms with E-state index >= 15 is 0 Å². The normalized spacial score (nSPS) is 30.5. The van der Waals surface area contributed by atoms with Crippen molar-refractivity contribution in [3.63, 3.8) is 0 Å². The minimum atomic E-state index is -2.18. The molecule has 0 amide bonds. The van der Waals surface area contributed by atoms with E-state index in [1.54, 1.807) is 6.08 Å². The summed E-state index contributed by atoms with van der Waals surface area (Å²) in [6, 6.07) is 9.41. The molecule has 6 atom stereocenters. The quantitative estimate of drug-likeness (QED) is 0.485. The molecule has 2 aliphatic rings. The van der Waals surface area contributed by atoms with E-state index in [4.69, 9.17) is 23.4 Å². The van der Waals surface area contributed by atoms with E-state index in [1.807, 2.05) is 44.2 Å². The number of rotatable bonds is 7. The summed E-state index contributed by atoms with van der Waals surface area (Å²) in [6.07, 6.45) is -1.67. The van der Waals surface area contributed by atoms with Crippen molar-refractivity contribution < 1.29 is 28.5 Å². The van der Waals surface area contributed by atoms with Gasteiger partial charge >= 0.3 is 0 Å². The maximum absolute atomic E-state index is 10.9.